The molecule has 0 radical (unpaired) electrons. The summed E-state index contributed by atoms with van der Waals surface area (Å²) in [6.45, 7) is 8.78. The second-order valence-corrected chi connectivity index (χ2v) is 6.04. The molecule has 0 saturated heterocycles. The molecule has 0 spiro atoms. The van der Waals surface area contributed by atoms with Crippen LogP contribution in [0.25, 0.3) is 0 Å². The molecule has 0 amide bonds. The molecule has 0 aromatic rings. The van der Waals surface area contributed by atoms with Crippen LogP contribution >= 0.6 is 0 Å². The molecule has 2 aliphatic rings. The van der Waals surface area contributed by atoms with Gasteiger partial charge in [-0.2, -0.15) is 0 Å². The molecule has 80 valence electrons. The summed E-state index contributed by atoms with van der Waals surface area (Å²) in [5, 5.41) is 10.5. The molecule has 1 heteroatoms. The molecule has 2 atom stereocenters. The van der Waals surface area contributed by atoms with Crippen molar-refractivity contribution >= 4 is 0 Å². The summed E-state index contributed by atoms with van der Waals surface area (Å²) in [5.74, 6) is 0.375. The molecule has 0 unspecified atom stereocenters. The summed E-state index contributed by atoms with van der Waals surface area (Å²) in [6.07, 6.45) is 6.52. The fraction of sp³-hybridized carbons (Fsp3) is 0.846. The van der Waals surface area contributed by atoms with Crippen molar-refractivity contribution in [3.8, 4) is 0 Å². The zero-order valence-electron chi connectivity index (χ0n) is 9.47. The fourth-order valence-corrected chi connectivity index (χ4v) is 3.19. The highest BCUT2D eigenvalue weighted by Gasteiger charge is 2.47. The summed E-state index contributed by atoms with van der Waals surface area (Å²) in [4.78, 5) is 0. The third kappa shape index (κ3) is 1.63. The van der Waals surface area contributed by atoms with E-state index in [4.69, 9.17) is 0 Å². The third-order valence-electron chi connectivity index (χ3n) is 4.24. The lowest BCUT2D eigenvalue weighted by Crippen LogP contribution is -2.47. The quantitative estimate of drug-likeness (QED) is 0.587. The van der Waals surface area contributed by atoms with Gasteiger partial charge in [0.2, 0.25) is 0 Å². The van der Waals surface area contributed by atoms with Gasteiger partial charge in [-0.1, -0.05) is 26.0 Å². The molecule has 2 aliphatic carbocycles. The van der Waals surface area contributed by atoms with E-state index in [-0.39, 0.29) is 0 Å². The monoisotopic (exact) mass is 194 g/mol. The Morgan fingerprint density at radius 1 is 1.29 bits per heavy atom. The molecule has 1 nitrogen and oxygen atoms in total. The van der Waals surface area contributed by atoms with E-state index in [0.717, 1.165) is 38.5 Å². The van der Waals surface area contributed by atoms with E-state index < -0.39 is 5.60 Å². The molecule has 0 aliphatic heterocycles. The first-order valence-corrected chi connectivity index (χ1v) is 5.83. The zero-order valence-corrected chi connectivity index (χ0v) is 9.47. The molecule has 0 aromatic carbocycles. The first-order chi connectivity index (χ1) is 6.43. The number of hydrogen-bond acceptors (Lipinski definition) is 1. The van der Waals surface area contributed by atoms with Gasteiger partial charge in [0.05, 0.1) is 5.60 Å². The van der Waals surface area contributed by atoms with Crippen LogP contribution < -0.4 is 0 Å². The van der Waals surface area contributed by atoms with Gasteiger partial charge in [0.25, 0.3) is 0 Å². The maximum Gasteiger partial charge on any atom is 0.0713 e. The van der Waals surface area contributed by atoms with Gasteiger partial charge in [-0.3, -0.25) is 0 Å². The van der Waals surface area contributed by atoms with E-state index in [1.807, 2.05) is 0 Å². The molecule has 1 N–H and O–H groups in total. The van der Waals surface area contributed by atoms with E-state index in [9.17, 15) is 5.11 Å². The maximum absolute atomic E-state index is 10.5. The Labute approximate surface area is 87.2 Å². The van der Waals surface area contributed by atoms with Crippen molar-refractivity contribution in [3.05, 3.63) is 12.2 Å². The number of hydrogen-bond donors (Lipinski definition) is 1. The molecule has 0 bridgehead atoms. The van der Waals surface area contributed by atoms with Crippen LogP contribution in [0.2, 0.25) is 0 Å². The summed E-state index contributed by atoms with van der Waals surface area (Å²) in [5.41, 5.74) is 1.30. The fourth-order valence-electron chi connectivity index (χ4n) is 3.19. The Balaban J connectivity index is 2.21. The average Bonchev–Trinajstić information content (AvgIpc) is 2.08. The van der Waals surface area contributed by atoms with Gasteiger partial charge < -0.3 is 5.11 Å². The number of fused-ring (bicyclic) bond motifs is 1. The predicted molar refractivity (Wildman–Crippen MR) is 59.1 cm³/mol. The first kappa shape index (κ1) is 10.2. The highest BCUT2D eigenvalue weighted by atomic mass is 16.3. The number of aliphatic hydroxyl groups is 1. The molecule has 0 heterocycles. The molecular formula is C13H22O. The van der Waals surface area contributed by atoms with Gasteiger partial charge in [0.1, 0.15) is 0 Å². The zero-order chi connectivity index (χ0) is 10.4. The predicted octanol–water partition coefficient (Wildman–Crippen LogP) is 3.28. The Bertz CT molecular complexity index is 254. The molecule has 2 rings (SSSR count). The smallest absolute Gasteiger partial charge is 0.0713 e. The second-order valence-electron chi connectivity index (χ2n) is 6.04. The topological polar surface area (TPSA) is 20.2 Å². The Morgan fingerprint density at radius 2 is 2.00 bits per heavy atom. The van der Waals surface area contributed by atoms with Gasteiger partial charge in [-0.15, -0.1) is 0 Å². The Morgan fingerprint density at radius 3 is 2.71 bits per heavy atom. The Hall–Kier alpha value is -0.300. The minimum Gasteiger partial charge on any atom is -0.389 e. The van der Waals surface area contributed by atoms with Crippen molar-refractivity contribution in [1.82, 2.24) is 0 Å². The largest absolute Gasteiger partial charge is 0.389 e. The van der Waals surface area contributed by atoms with Gasteiger partial charge >= 0.3 is 0 Å². The highest BCUT2D eigenvalue weighted by molar-refractivity contribution is 5.15. The van der Waals surface area contributed by atoms with Gasteiger partial charge in [0.15, 0.2) is 0 Å². The van der Waals surface area contributed by atoms with E-state index >= 15 is 0 Å². The van der Waals surface area contributed by atoms with Crippen molar-refractivity contribution in [2.75, 3.05) is 0 Å². The lowest BCUT2D eigenvalue weighted by molar-refractivity contribution is -0.0808. The molecule has 0 aromatic heterocycles. The first-order valence-electron chi connectivity index (χ1n) is 5.83. The van der Waals surface area contributed by atoms with Crippen LogP contribution in [0, 0.1) is 11.3 Å². The summed E-state index contributed by atoms with van der Waals surface area (Å²) in [7, 11) is 0. The third-order valence-corrected chi connectivity index (χ3v) is 4.24. The van der Waals surface area contributed by atoms with Crippen molar-refractivity contribution in [2.45, 2.75) is 58.0 Å². The van der Waals surface area contributed by atoms with Crippen LogP contribution in [0.3, 0.4) is 0 Å². The Kier molecular flexibility index (Phi) is 2.26. The van der Waals surface area contributed by atoms with Gasteiger partial charge in [-0.25, -0.2) is 0 Å². The minimum absolute atomic E-state index is 0.375. The van der Waals surface area contributed by atoms with Gasteiger partial charge in [0, 0.05) is 5.92 Å². The lowest BCUT2D eigenvalue weighted by atomic mass is 9.59. The van der Waals surface area contributed by atoms with Crippen LogP contribution in [-0.2, 0) is 0 Å². The van der Waals surface area contributed by atoms with Gasteiger partial charge in [-0.05, 0) is 43.9 Å². The van der Waals surface area contributed by atoms with Crippen LogP contribution in [0.1, 0.15) is 52.4 Å². The standard InChI is InChI=1S/C13H22O/c1-10-5-4-6-13(14)8-7-12(2,3)9-11(10)13/h11,14H,1,4-9H2,2-3H3/t11-,13-/m0/s1. The molecular weight excluding hydrogens is 172 g/mol. The van der Waals surface area contributed by atoms with Crippen molar-refractivity contribution in [2.24, 2.45) is 11.3 Å². The van der Waals surface area contributed by atoms with Crippen LogP contribution in [0.4, 0.5) is 0 Å². The van der Waals surface area contributed by atoms with Crippen LogP contribution in [-0.4, -0.2) is 10.7 Å². The maximum atomic E-state index is 10.5. The lowest BCUT2D eigenvalue weighted by Gasteiger charge is -2.50. The van der Waals surface area contributed by atoms with E-state index in [1.54, 1.807) is 0 Å². The van der Waals surface area contributed by atoms with E-state index in [0.29, 0.717) is 11.3 Å². The normalized spacial score (nSPS) is 41.9. The summed E-state index contributed by atoms with van der Waals surface area (Å²) in [6, 6.07) is 0. The summed E-state index contributed by atoms with van der Waals surface area (Å²) < 4.78 is 0. The average molecular weight is 194 g/mol. The van der Waals surface area contributed by atoms with Crippen molar-refractivity contribution in [1.29, 1.82) is 0 Å². The second kappa shape index (κ2) is 3.10. The van der Waals surface area contributed by atoms with Crippen molar-refractivity contribution < 1.29 is 5.11 Å². The number of rotatable bonds is 0. The van der Waals surface area contributed by atoms with Crippen LogP contribution in [0.5, 0.6) is 0 Å². The minimum atomic E-state index is -0.398. The molecule has 14 heavy (non-hydrogen) atoms. The highest BCUT2D eigenvalue weighted by Crippen LogP contribution is 2.51. The van der Waals surface area contributed by atoms with Crippen LogP contribution in [0.15, 0.2) is 12.2 Å². The van der Waals surface area contributed by atoms with E-state index in [1.165, 1.54) is 5.57 Å². The summed E-state index contributed by atoms with van der Waals surface area (Å²) >= 11 is 0. The molecule has 2 saturated carbocycles. The SMILES string of the molecule is C=C1CCC[C@]2(O)CCC(C)(C)C[C@@H]12. The molecule has 2 fully saturated rings. The van der Waals surface area contributed by atoms with E-state index in [2.05, 4.69) is 20.4 Å². The van der Waals surface area contributed by atoms with Crippen molar-refractivity contribution in [3.63, 3.8) is 0 Å².